The Hall–Kier alpha value is -3.22. The highest BCUT2D eigenvalue weighted by Crippen LogP contribution is 2.20. The van der Waals surface area contributed by atoms with Gasteiger partial charge in [-0.3, -0.25) is 9.59 Å². The summed E-state index contributed by atoms with van der Waals surface area (Å²) < 4.78 is 1.76. The molecule has 1 N–H and O–H groups in total. The fraction of sp³-hybridized carbons (Fsp3) is 0.300. The number of nitrogens with zero attached hydrogens (tertiary/aromatic N) is 4. The van der Waals surface area contributed by atoms with Gasteiger partial charge in [0.2, 0.25) is 5.91 Å². The largest absolute Gasteiger partial charge is 0.348 e. The number of hydrogen-bond donors (Lipinski definition) is 1. The molecule has 4 rings (SSSR count). The van der Waals surface area contributed by atoms with Crippen LogP contribution < -0.4 is 5.32 Å². The molecular formula is C20H21N5O2. The quantitative estimate of drug-likeness (QED) is 0.772. The number of hydrogen-bond acceptors (Lipinski definition) is 4. The third kappa shape index (κ3) is 3.53. The van der Waals surface area contributed by atoms with Crippen molar-refractivity contribution in [3.05, 3.63) is 54.0 Å². The van der Waals surface area contributed by atoms with Crippen LogP contribution in [0.2, 0.25) is 0 Å². The fourth-order valence-electron chi connectivity index (χ4n) is 3.38. The van der Waals surface area contributed by atoms with E-state index in [4.69, 9.17) is 0 Å². The van der Waals surface area contributed by atoms with Crippen LogP contribution in [0.4, 0.5) is 0 Å². The fourth-order valence-corrected chi connectivity index (χ4v) is 3.38. The highest BCUT2D eigenvalue weighted by Gasteiger charge is 2.24. The molecule has 1 atom stereocenters. The maximum absolute atomic E-state index is 12.5. The maximum Gasteiger partial charge on any atom is 0.251 e. The Bertz CT molecular complexity index is 1010. The third-order valence-electron chi connectivity index (χ3n) is 4.88. The first-order chi connectivity index (χ1) is 13.0. The number of carbonyl (C=O) groups is 2. The van der Waals surface area contributed by atoms with Crippen LogP contribution in [-0.4, -0.2) is 50.9 Å². The van der Waals surface area contributed by atoms with Crippen molar-refractivity contribution < 1.29 is 9.59 Å². The average Bonchev–Trinajstić information content (AvgIpc) is 3.04. The van der Waals surface area contributed by atoms with E-state index in [9.17, 15) is 9.59 Å². The van der Waals surface area contributed by atoms with Crippen LogP contribution in [0.15, 0.2) is 42.6 Å². The molecule has 3 aromatic rings. The molecule has 1 aliphatic heterocycles. The second kappa shape index (κ2) is 6.83. The van der Waals surface area contributed by atoms with E-state index in [0.29, 0.717) is 24.9 Å². The second-order valence-electron chi connectivity index (χ2n) is 6.94. The summed E-state index contributed by atoms with van der Waals surface area (Å²) in [5, 5.41) is 7.35. The number of nitrogens with one attached hydrogen (secondary N) is 1. The Morgan fingerprint density at radius 2 is 1.89 bits per heavy atom. The lowest BCUT2D eigenvalue weighted by Gasteiger charge is -2.30. The maximum atomic E-state index is 12.5. The summed E-state index contributed by atoms with van der Waals surface area (Å²) in [4.78, 5) is 30.0. The van der Waals surface area contributed by atoms with Gasteiger partial charge in [0.1, 0.15) is 5.82 Å². The molecule has 7 heteroatoms. The topological polar surface area (TPSA) is 79.6 Å². The number of benzene rings is 1. The van der Waals surface area contributed by atoms with E-state index < -0.39 is 0 Å². The summed E-state index contributed by atoms with van der Waals surface area (Å²) in [5.74, 6) is 0.746. The normalized spacial score (nSPS) is 17.3. The zero-order valence-electron chi connectivity index (χ0n) is 15.3. The molecule has 1 saturated heterocycles. The minimum atomic E-state index is -0.114. The zero-order chi connectivity index (χ0) is 19.0. The lowest BCUT2D eigenvalue weighted by Crippen LogP contribution is -2.48. The summed E-state index contributed by atoms with van der Waals surface area (Å²) in [6.45, 7) is 2.42. The van der Waals surface area contributed by atoms with Crippen LogP contribution >= 0.6 is 0 Å². The zero-order valence-corrected chi connectivity index (χ0v) is 15.3. The van der Waals surface area contributed by atoms with Gasteiger partial charge >= 0.3 is 0 Å². The first-order valence-electron chi connectivity index (χ1n) is 8.98. The van der Waals surface area contributed by atoms with Crippen molar-refractivity contribution >= 4 is 17.5 Å². The van der Waals surface area contributed by atoms with E-state index in [0.717, 1.165) is 22.6 Å². The van der Waals surface area contributed by atoms with Gasteiger partial charge < -0.3 is 10.2 Å². The molecule has 7 nitrogen and oxygen atoms in total. The summed E-state index contributed by atoms with van der Waals surface area (Å²) in [6.07, 6.45) is 3.09. The van der Waals surface area contributed by atoms with Gasteiger partial charge in [0.25, 0.3) is 5.91 Å². The Labute approximate surface area is 157 Å². The molecule has 2 amide bonds. The van der Waals surface area contributed by atoms with Gasteiger partial charge in [0, 0.05) is 43.4 Å². The molecule has 1 aliphatic rings. The number of likely N-dealkylation sites (tertiary alicyclic amines) is 1. The first kappa shape index (κ1) is 17.2. The minimum Gasteiger partial charge on any atom is -0.348 e. The lowest BCUT2D eigenvalue weighted by molar-refractivity contribution is -0.132. The summed E-state index contributed by atoms with van der Waals surface area (Å²) >= 11 is 0. The highest BCUT2D eigenvalue weighted by molar-refractivity contribution is 5.95. The van der Waals surface area contributed by atoms with E-state index in [-0.39, 0.29) is 17.9 Å². The monoisotopic (exact) mass is 363 g/mol. The SMILES string of the molecule is Cc1nc2ccc(-c3ccc(C(=O)N[C@H]4CCC(=O)N(C)C4)cc3)cn2n1. The van der Waals surface area contributed by atoms with Crippen LogP contribution in [0.3, 0.4) is 0 Å². The van der Waals surface area contributed by atoms with E-state index >= 15 is 0 Å². The molecule has 27 heavy (non-hydrogen) atoms. The molecule has 1 fully saturated rings. The number of aryl methyl sites for hydroxylation is 1. The van der Waals surface area contributed by atoms with E-state index in [1.54, 1.807) is 16.5 Å². The number of fused-ring (bicyclic) bond motifs is 1. The number of piperidine rings is 1. The predicted octanol–water partition coefficient (Wildman–Crippen LogP) is 2.06. The number of amides is 2. The Kier molecular flexibility index (Phi) is 4.35. The Morgan fingerprint density at radius 1 is 1.15 bits per heavy atom. The van der Waals surface area contributed by atoms with Crippen molar-refractivity contribution in [3.63, 3.8) is 0 Å². The average molecular weight is 363 g/mol. The molecule has 0 spiro atoms. The molecule has 0 radical (unpaired) electrons. The minimum absolute atomic E-state index is 0.00200. The molecule has 1 aromatic carbocycles. The van der Waals surface area contributed by atoms with Crippen LogP contribution in [0, 0.1) is 6.92 Å². The highest BCUT2D eigenvalue weighted by atomic mass is 16.2. The van der Waals surface area contributed by atoms with Gasteiger partial charge in [-0.15, -0.1) is 0 Å². The van der Waals surface area contributed by atoms with Gasteiger partial charge in [-0.05, 0) is 43.2 Å². The molecule has 0 aliphatic carbocycles. The lowest BCUT2D eigenvalue weighted by atomic mass is 10.0. The predicted molar refractivity (Wildman–Crippen MR) is 101 cm³/mol. The summed E-state index contributed by atoms with van der Waals surface area (Å²) in [7, 11) is 1.77. The first-order valence-corrected chi connectivity index (χ1v) is 8.98. The Morgan fingerprint density at radius 3 is 2.63 bits per heavy atom. The van der Waals surface area contributed by atoms with Crippen LogP contribution in [0.25, 0.3) is 16.8 Å². The molecule has 138 valence electrons. The van der Waals surface area contributed by atoms with Crippen molar-refractivity contribution in [2.75, 3.05) is 13.6 Å². The number of aromatic nitrogens is 3. The standard InChI is InChI=1S/C20H21N5O2/c1-13-21-18-9-7-16(11-25(18)23-13)14-3-5-15(6-4-14)20(27)22-17-8-10-19(26)24(2)12-17/h3-7,9,11,17H,8,10,12H2,1-2H3,(H,22,27)/t17-/m0/s1. The molecule has 0 saturated carbocycles. The van der Waals surface area contributed by atoms with Crippen molar-refractivity contribution in [2.45, 2.75) is 25.8 Å². The third-order valence-corrected chi connectivity index (χ3v) is 4.88. The number of carbonyl (C=O) groups excluding carboxylic acids is 2. The Balaban J connectivity index is 1.47. The number of rotatable bonds is 3. The van der Waals surface area contributed by atoms with Crippen LogP contribution in [0.5, 0.6) is 0 Å². The molecular weight excluding hydrogens is 342 g/mol. The molecule has 2 aromatic heterocycles. The van der Waals surface area contributed by atoms with Crippen molar-refractivity contribution in [2.24, 2.45) is 0 Å². The van der Waals surface area contributed by atoms with E-state index in [1.165, 1.54) is 0 Å². The van der Waals surface area contributed by atoms with Gasteiger partial charge in [0.15, 0.2) is 5.65 Å². The molecule has 0 unspecified atom stereocenters. The van der Waals surface area contributed by atoms with Crippen LogP contribution in [-0.2, 0) is 4.79 Å². The van der Waals surface area contributed by atoms with Crippen molar-refractivity contribution in [1.29, 1.82) is 0 Å². The van der Waals surface area contributed by atoms with E-state index in [1.807, 2.05) is 49.5 Å². The molecule has 0 bridgehead atoms. The summed E-state index contributed by atoms with van der Waals surface area (Å²) in [6, 6.07) is 11.4. The van der Waals surface area contributed by atoms with Crippen molar-refractivity contribution in [1.82, 2.24) is 24.8 Å². The van der Waals surface area contributed by atoms with Gasteiger partial charge in [-0.25, -0.2) is 9.50 Å². The van der Waals surface area contributed by atoms with E-state index in [2.05, 4.69) is 15.4 Å². The van der Waals surface area contributed by atoms with Crippen molar-refractivity contribution in [3.8, 4) is 11.1 Å². The van der Waals surface area contributed by atoms with Gasteiger partial charge in [0.05, 0.1) is 0 Å². The van der Waals surface area contributed by atoms with Crippen LogP contribution in [0.1, 0.15) is 29.0 Å². The van der Waals surface area contributed by atoms with Gasteiger partial charge in [-0.2, -0.15) is 5.10 Å². The molecule has 3 heterocycles. The number of likely N-dealkylation sites (N-methyl/N-ethyl adjacent to an activating group) is 1. The second-order valence-corrected chi connectivity index (χ2v) is 6.94. The summed E-state index contributed by atoms with van der Waals surface area (Å²) in [5.41, 5.74) is 3.43. The van der Waals surface area contributed by atoms with Gasteiger partial charge in [-0.1, -0.05) is 12.1 Å². The smallest absolute Gasteiger partial charge is 0.251 e. The number of pyridine rings is 1.